The zero-order valence-electron chi connectivity index (χ0n) is 15.0. The summed E-state index contributed by atoms with van der Waals surface area (Å²) in [6.45, 7) is 1.39. The van der Waals surface area contributed by atoms with Crippen molar-refractivity contribution >= 4 is 23.7 Å². The van der Waals surface area contributed by atoms with E-state index >= 15 is 0 Å². The number of hydrogen-bond donors (Lipinski definition) is 2. The third-order valence-electron chi connectivity index (χ3n) is 3.74. The van der Waals surface area contributed by atoms with Crippen LogP contribution in [0.3, 0.4) is 0 Å². The van der Waals surface area contributed by atoms with Gasteiger partial charge in [0, 0.05) is 23.7 Å². The molecule has 0 saturated carbocycles. The molecule has 0 atom stereocenters. The Bertz CT molecular complexity index is 1090. The largest absolute Gasteiger partial charge is 0.455 e. The maximum Gasteiger partial charge on any atom is 0.271 e. The number of benzene rings is 2. The predicted molar refractivity (Wildman–Crippen MR) is 105 cm³/mol. The van der Waals surface area contributed by atoms with Crippen LogP contribution in [0.1, 0.15) is 28.6 Å². The van der Waals surface area contributed by atoms with Crippen molar-refractivity contribution in [2.75, 3.05) is 5.32 Å². The topological polar surface area (TPSA) is 107 Å². The number of rotatable bonds is 5. The van der Waals surface area contributed by atoms with Gasteiger partial charge in [-0.05, 0) is 42.5 Å². The molecule has 1 heterocycles. The molecule has 0 unspecified atom stereocenters. The fraction of sp³-hybridized carbons (Fsp3) is 0.0476. The summed E-state index contributed by atoms with van der Waals surface area (Å²) >= 11 is 0. The van der Waals surface area contributed by atoms with Crippen LogP contribution in [-0.4, -0.2) is 18.0 Å². The number of nitriles is 1. The molecule has 138 valence electrons. The second-order valence-corrected chi connectivity index (χ2v) is 5.82. The minimum absolute atomic E-state index is 0.220. The molecule has 0 saturated heterocycles. The molecule has 7 heteroatoms. The number of nitrogens with one attached hydrogen (secondary N) is 2. The Kier molecular flexibility index (Phi) is 5.63. The lowest BCUT2D eigenvalue weighted by Crippen LogP contribution is -2.18. The number of hydrazone groups is 1. The normalized spacial score (nSPS) is 10.4. The van der Waals surface area contributed by atoms with E-state index in [1.165, 1.54) is 13.1 Å². The van der Waals surface area contributed by atoms with Crippen LogP contribution in [0.2, 0.25) is 0 Å². The number of carbonyl (C=O) groups excluding carboxylic acids is 2. The first-order chi connectivity index (χ1) is 13.6. The second kappa shape index (κ2) is 8.47. The van der Waals surface area contributed by atoms with E-state index in [9.17, 15) is 14.9 Å². The molecule has 0 aliphatic heterocycles. The van der Waals surface area contributed by atoms with Crippen LogP contribution in [0.15, 0.2) is 70.2 Å². The van der Waals surface area contributed by atoms with E-state index in [2.05, 4.69) is 21.9 Å². The van der Waals surface area contributed by atoms with Crippen LogP contribution in [-0.2, 0) is 4.79 Å². The minimum Gasteiger partial charge on any atom is -0.455 e. The summed E-state index contributed by atoms with van der Waals surface area (Å²) in [5, 5.41) is 15.7. The maximum absolute atomic E-state index is 12.2. The Balaban J connectivity index is 1.67. The van der Waals surface area contributed by atoms with E-state index in [4.69, 9.17) is 4.42 Å². The zero-order chi connectivity index (χ0) is 19.9. The molecule has 0 aliphatic rings. The first-order valence-electron chi connectivity index (χ1n) is 8.37. The van der Waals surface area contributed by atoms with E-state index in [-0.39, 0.29) is 5.91 Å². The summed E-state index contributed by atoms with van der Waals surface area (Å²) < 4.78 is 5.66. The molecular formula is C21H16N4O3. The van der Waals surface area contributed by atoms with Gasteiger partial charge >= 0.3 is 0 Å². The summed E-state index contributed by atoms with van der Waals surface area (Å²) in [6, 6.07) is 19.2. The van der Waals surface area contributed by atoms with Crippen molar-refractivity contribution in [3.8, 4) is 17.4 Å². The Morgan fingerprint density at radius 2 is 1.93 bits per heavy atom. The molecule has 0 bridgehead atoms. The van der Waals surface area contributed by atoms with Gasteiger partial charge < -0.3 is 9.73 Å². The predicted octanol–water partition coefficient (Wildman–Crippen LogP) is 3.54. The molecule has 0 spiro atoms. The summed E-state index contributed by atoms with van der Waals surface area (Å²) in [7, 11) is 0. The fourth-order valence-electron chi connectivity index (χ4n) is 2.52. The van der Waals surface area contributed by atoms with E-state index in [0.717, 1.165) is 0 Å². The van der Waals surface area contributed by atoms with Gasteiger partial charge in [0.1, 0.15) is 11.5 Å². The van der Waals surface area contributed by atoms with Crippen molar-refractivity contribution in [1.82, 2.24) is 5.43 Å². The third kappa shape index (κ3) is 4.51. The number of carbonyl (C=O) groups is 2. The summed E-state index contributed by atoms with van der Waals surface area (Å²) in [6.07, 6.45) is 1.37. The van der Waals surface area contributed by atoms with E-state index in [1.54, 1.807) is 54.6 Å². The molecule has 0 radical (unpaired) electrons. The lowest BCUT2D eigenvalue weighted by atomic mass is 10.1. The van der Waals surface area contributed by atoms with Crippen molar-refractivity contribution in [1.29, 1.82) is 5.26 Å². The van der Waals surface area contributed by atoms with E-state index in [1.807, 2.05) is 6.07 Å². The molecular weight excluding hydrogens is 356 g/mol. The Morgan fingerprint density at radius 3 is 2.71 bits per heavy atom. The van der Waals surface area contributed by atoms with Crippen LogP contribution in [0.5, 0.6) is 0 Å². The summed E-state index contributed by atoms with van der Waals surface area (Å²) in [5.74, 6) is 0.315. The highest BCUT2D eigenvalue weighted by Gasteiger charge is 2.09. The molecule has 2 N–H and O–H groups in total. The molecule has 28 heavy (non-hydrogen) atoms. The Labute approximate surface area is 161 Å². The summed E-state index contributed by atoms with van der Waals surface area (Å²) in [4.78, 5) is 23.3. The maximum atomic E-state index is 12.2. The zero-order valence-corrected chi connectivity index (χ0v) is 15.0. The smallest absolute Gasteiger partial charge is 0.271 e. The number of amides is 2. The fourth-order valence-corrected chi connectivity index (χ4v) is 2.52. The highest BCUT2D eigenvalue weighted by molar-refractivity contribution is 5.97. The highest BCUT2D eigenvalue weighted by atomic mass is 16.3. The number of hydrogen-bond acceptors (Lipinski definition) is 5. The molecule has 0 aliphatic carbocycles. The Morgan fingerprint density at radius 1 is 1.11 bits per heavy atom. The molecule has 2 aromatic carbocycles. The highest BCUT2D eigenvalue weighted by Crippen LogP contribution is 2.24. The average molecular weight is 372 g/mol. The van der Waals surface area contributed by atoms with E-state index < -0.39 is 5.91 Å². The SMILES string of the molecule is CC(=O)Nc1cccc(C(=O)N/N=C\c2ccc(-c3ccccc3C#N)o2)c1. The van der Waals surface area contributed by atoms with Crippen LogP contribution < -0.4 is 10.7 Å². The summed E-state index contributed by atoms with van der Waals surface area (Å²) in [5.41, 5.74) is 4.47. The lowest BCUT2D eigenvalue weighted by molar-refractivity contribution is -0.114. The monoisotopic (exact) mass is 372 g/mol. The molecule has 1 aromatic heterocycles. The standard InChI is InChI=1S/C21H16N4O3/c1-14(26)24-17-7-4-6-15(11-17)21(27)25-23-13-18-9-10-20(28-18)19-8-3-2-5-16(19)12-22/h2-11,13H,1H3,(H,24,26)(H,25,27)/b23-13-. The first-order valence-corrected chi connectivity index (χ1v) is 8.37. The van der Waals surface area contributed by atoms with Gasteiger partial charge in [-0.2, -0.15) is 10.4 Å². The van der Waals surface area contributed by atoms with Gasteiger partial charge in [-0.1, -0.05) is 18.2 Å². The Hall–Kier alpha value is -4.18. The van der Waals surface area contributed by atoms with Crippen molar-refractivity contribution in [2.45, 2.75) is 6.92 Å². The van der Waals surface area contributed by atoms with Crippen LogP contribution in [0, 0.1) is 11.3 Å². The molecule has 3 aromatic rings. The molecule has 2 amide bonds. The van der Waals surface area contributed by atoms with Gasteiger partial charge in [0.05, 0.1) is 17.8 Å². The van der Waals surface area contributed by atoms with Crippen LogP contribution in [0.4, 0.5) is 5.69 Å². The average Bonchev–Trinajstić information content (AvgIpc) is 3.16. The van der Waals surface area contributed by atoms with Crippen molar-refractivity contribution in [3.63, 3.8) is 0 Å². The lowest BCUT2D eigenvalue weighted by Gasteiger charge is -2.04. The molecule has 0 fully saturated rings. The molecule has 7 nitrogen and oxygen atoms in total. The van der Waals surface area contributed by atoms with Gasteiger partial charge in [-0.25, -0.2) is 5.43 Å². The number of furan rings is 1. The van der Waals surface area contributed by atoms with Crippen LogP contribution in [0.25, 0.3) is 11.3 Å². The van der Waals surface area contributed by atoms with Crippen molar-refractivity contribution in [3.05, 3.63) is 77.6 Å². The second-order valence-electron chi connectivity index (χ2n) is 5.82. The van der Waals surface area contributed by atoms with Gasteiger partial charge in [0.25, 0.3) is 5.91 Å². The van der Waals surface area contributed by atoms with Crippen molar-refractivity contribution < 1.29 is 14.0 Å². The minimum atomic E-state index is -0.426. The van der Waals surface area contributed by atoms with E-state index in [0.29, 0.717) is 33.9 Å². The van der Waals surface area contributed by atoms with Crippen molar-refractivity contribution in [2.24, 2.45) is 5.10 Å². The first kappa shape index (κ1) is 18.6. The van der Waals surface area contributed by atoms with Crippen LogP contribution >= 0.6 is 0 Å². The quantitative estimate of drug-likeness (QED) is 0.527. The molecule has 3 rings (SSSR count). The van der Waals surface area contributed by atoms with Gasteiger partial charge in [-0.15, -0.1) is 0 Å². The van der Waals surface area contributed by atoms with Gasteiger partial charge in [0.2, 0.25) is 5.91 Å². The third-order valence-corrected chi connectivity index (χ3v) is 3.74. The van der Waals surface area contributed by atoms with Gasteiger partial charge in [-0.3, -0.25) is 9.59 Å². The number of nitrogens with zero attached hydrogens (tertiary/aromatic N) is 2. The van der Waals surface area contributed by atoms with Gasteiger partial charge in [0.15, 0.2) is 0 Å². The number of anilines is 1.